The van der Waals surface area contributed by atoms with Crippen LogP contribution < -0.4 is 4.74 Å². The topological polar surface area (TPSA) is 38.7 Å². The first-order valence-electron chi connectivity index (χ1n) is 6.01. The SMILES string of the molecule is COc1ccc2c(c1)CC1=C2C=CC(O)(OC)C1. The molecule has 3 heteroatoms. The number of ether oxygens (including phenoxy) is 2. The maximum absolute atomic E-state index is 10.1. The van der Waals surface area contributed by atoms with Crippen molar-refractivity contribution in [3.63, 3.8) is 0 Å². The van der Waals surface area contributed by atoms with E-state index in [-0.39, 0.29) is 0 Å². The molecule has 2 aliphatic rings. The first-order chi connectivity index (χ1) is 8.65. The third-order valence-corrected chi connectivity index (χ3v) is 3.72. The molecule has 1 atom stereocenters. The highest BCUT2D eigenvalue weighted by Gasteiger charge is 2.33. The van der Waals surface area contributed by atoms with E-state index in [0.29, 0.717) is 6.42 Å². The molecule has 0 bridgehead atoms. The fraction of sp³-hybridized carbons (Fsp3) is 0.333. The highest BCUT2D eigenvalue weighted by molar-refractivity contribution is 5.84. The fourth-order valence-electron chi connectivity index (χ4n) is 2.71. The lowest BCUT2D eigenvalue weighted by molar-refractivity contribution is -0.145. The molecule has 0 heterocycles. The van der Waals surface area contributed by atoms with Gasteiger partial charge in [0.25, 0.3) is 0 Å². The van der Waals surface area contributed by atoms with Crippen molar-refractivity contribution < 1.29 is 14.6 Å². The molecule has 0 aromatic heterocycles. The maximum Gasteiger partial charge on any atom is 0.189 e. The third-order valence-electron chi connectivity index (χ3n) is 3.72. The van der Waals surface area contributed by atoms with E-state index in [1.807, 2.05) is 12.1 Å². The number of hydrogen-bond donors (Lipinski definition) is 1. The number of fused-ring (bicyclic) bond motifs is 2. The summed E-state index contributed by atoms with van der Waals surface area (Å²) in [6, 6.07) is 6.12. The molecule has 0 spiro atoms. The van der Waals surface area contributed by atoms with Gasteiger partial charge in [-0.1, -0.05) is 17.7 Å². The number of benzene rings is 1. The Balaban J connectivity index is 1.97. The third kappa shape index (κ3) is 1.67. The minimum absolute atomic E-state index is 0.534. The van der Waals surface area contributed by atoms with Crippen molar-refractivity contribution in [3.05, 3.63) is 47.1 Å². The van der Waals surface area contributed by atoms with Crippen LogP contribution in [0.15, 0.2) is 35.9 Å². The molecule has 1 unspecified atom stereocenters. The van der Waals surface area contributed by atoms with E-state index in [4.69, 9.17) is 9.47 Å². The first-order valence-corrected chi connectivity index (χ1v) is 6.01. The van der Waals surface area contributed by atoms with Crippen molar-refractivity contribution in [3.8, 4) is 5.75 Å². The second-order valence-electron chi connectivity index (χ2n) is 4.78. The lowest BCUT2D eigenvalue weighted by Gasteiger charge is -2.27. The smallest absolute Gasteiger partial charge is 0.189 e. The molecule has 0 radical (unpaired) electrons. The number of aliphatic hydroxyl groups is 1. The van der Waals surface area contributed by atoms with Crippen LogP contribution in [-0.4, -0.2) is 25.1 Å². The van der Waals surface area contributed by atoms with Gasteiger partial charge >= 0.3 is 0 Å². The van der Waals surface area contributed by atoms with Gasteiger partial charge in [-0.3, -0.25) is 0 Å². The van der Waals surface area contributed by atoms with Gasteiger partial charge in [0.2, 0.25) is 0 Å². The van der Waals surface area contributed by atoms with Crippen molar-refractivity contribution in [1.82, 2.24) is 0 Å². The van der Waals surface area contributed by atoms with Crippen molar-refractivity contribution >= 4 is 5.57 Å². The Morgan fingerprint density at radius 1 is 1.28 bits per heavy atom. The summed E-state index contributed by atoms with van der Waals surface area (Å²) in [5.41, 5.74) is 4.93. The minimum atomic E-state index is -1.15. The molecule has 1 N–H and O–H groups in total. The van der Waals surface area contributed by atoms with E-state index < -0.39 is 5.79 Å². The Kier molecular flexibility index (Phi) is 2.54. The van der Waals surface area contributed by atoms with Crippen LogP contribution in [0.5, 0.6) is 5.75 Å². The number of rotatable bonds is 2. The van der Waals surface area contributed by atoms with E-state index in [1.165, 1.54) is 29.4 Å². The zero-order valence-electron chi connectivity index (χ0n) is 10.6. The molecule has 3 nitrogen and oxygen atoms in total. The summed E-state index contributed by atoms with van der Waals surface area (Å²) in [6.07, 6.45) is 5.08. The molecular formula is C15H16O3. The van der Waals surface area contributed by atoms with E-state index in [9.17, 15) is 5.11 Å². The van der Waals surface area contributed by atoms with Crippen LogP contribution in [0.4, 0.5) is 0 Å². The lowest BCUT2D eigenvalue weighted by Crippen LogP contribution is -2.30. The highest BCUT2D eigenvalue weighted by atomic mass is 16.6. The second kappa shape index (κ2) is 3.97. The molecule has 2 aliphatic carbocycles. The monoisotopic (exact) mass is 244 g/mol. The molecule has 94 valence electrons. The van der Waals surface area contributed by atoms with Crippen LogP contribution in [0.25, 0.3) is 5.57 Å². The van der Waals surface area contributed by atoms with Crippen molar-refractivity contribution in [2.45, 2.75) is 18.6 Å². The standard InChI is InChI=1S/C15H16O3/c1-17-12-3-4-13-10(8-12)7-11-9-15(16,18-2)6-5-14(11)13/h3-6,8,16H,7,9H2,1-2H3. The molecule has 0 fully saturated rings. The summed E-state index contributed by atoms with van der Waals surface area (Å²) in [5, 5.41) is 10.1. The van der Waals surface area contributed by atoms with Crippen molar-refractivity contribution in [1.29, 1.82) is 0 Å². The predicted molar refractivity (Wildman–Crippen MR) is 69.3 cm³/mol. The van der Waals surface area contributed by atoms with E-state index in [1.54, 1.807) is 13.2 Å². The van der Waals surface area contributed by atoms with Crippen LogP contribution in [-0.2, 0) is 11.2 Å². The summed E-state index contributed by atoms with van der Waals surface area (Å²) in [6.45, 7) is 0. The van der Waals surface area contributed by atoms with Gasteiger partial charge in [0.15, 0.2) is 5.79 Å². The van der Waals surface area contributed by atoms with Gasteiger partial charge < -0.3 is 14.6 Å². The van der Waals surface area contributed by atoms with Crippen molar-refractivity contribution in [2.24, 2.45) is 0 Å². The maximum atomic E-state index is 10.1. The molecule has 0 aliphatic heterocycles. The Morgan fingerprint density at radius 3 is 2.83 bits per heavy atom. The summed E-state index contributed by atoms with van der Waals surface area (Å²) >= 11 is 0. The number of hydrogen-bond acceptors (Lipinski definition) is 3. The lowest BCUT2D eigenvalue weighted by atomic mass is 9.94. The molecule has 0 amide bonds. The molecule has 1 aromatic rings. The average Bonchev–Trinajstić information content (AvgIpc) is 2.74. The van der Waals surface area contributed by atoms with Gasteiger partial charge in [0.05, 0.1) is 7.11 Å². The van der Waals surface area contributed by atoms with E-state index in [2.05, 4.69) is 12.1 Å². The quantitative estimate of drug-likeness (QED) is 0.811. The van der Waals surface area contributed by atoms with Gasteiger partial charge in [-0.15, -0.1) is 0 Å². The van der Waals surface area contributed by atoms with E-state index >= 15 is 0 Å². The van der Waals surface area contributed by atoms with Gasteiger partial charge in [-0.25, -0.2) is 0 Å². The Bertz CT molecular complexity index is 557. The first kappa shape index (κ1) is 11.5. The van der Waals surface area contributed by atoms with Crippen LogP contribution in [0, 0.1) is 0 Å². The molecule has 0 saturated heterocycles. The Labute approximate surface area is 106 Å². The van der Waals surface area contributed by atoms with E-state index in [0.717, 1.165) is 12.2 Å². The zero-order valence-corrected chi connectivity index (χ0v) is 10.6. The summed E-state index contributed by atoms with van der Waals surface area (Å²) in [7, 11) is 3.20. The van der Waals surface area contributed by atoms with Gasteiger partial charge in [0, 0.05) is 13.5 Å². The summed E-state index contributed by atoms with van der Waals surface area (Å²) in [5.74, 6) is -0.273. The van der Waals surface area contributed by atoms with Crippen LogP contribution in [0.2, 0.25) is 0 Å². The Hall–Kier alpha value is -1.58. The normalized spacial score (nSPS) is 25.1. The summed E-state index contributed by atoms with van der Waals surface area (Å²) < 4.78 is 10.4. The molecule has 0 saturated carbocycles. The Morgan fingerprint density at radius 2 is 2.11 bits per heavy atom. The van der Waals surface area contributed by atoms with Gasteiger partial charge in [0.1, 0.15) is 5.75 Å². The largest absolute Gasteiger partial charge is 0.497 e. The molecule has 1 aromatic carbocycles. The van der Waals surface area contributed by atoms with Crippen LogP contribution >= 0.6 is 0 Å². The highest BCUT2D eigenvalue weighted by Crippen LogP contribution is 2.42. The molecular weight excluding hydrogens is 228 g/mol. The number of allylic oxidation sites excluding steroid dienone is 2. The minimum Gasteiger partial charge on any atom is -0.497 e. The van der Waals surface area contributed by atoms with Gasteiger partial charge in [-0.05, 0) is 41.3 Å². The second-order valence-corrected chi connectivity index (χ2v) is 4.78. The summed E-state index contributed by atoms with van der Waals surface area (Å²) in [4.78, 5) is 0. The predicted octanol–water partition coefficient (Wildman–Crippen LogP) is 2.30. The zero-order chi connectivity index (χ0) is 12.8. The average molecular weight is 244 g/mol. The van der Waals surface area contributed by atoms with Crippen LogP contribution in [0.3, 0.4) is 0 Å². The van der Waals surface area contributed by atoms with Crippen molar-refractivity contribution in [2.75, 3.05) is 14.2 Å². The number of methoxy groups -OCH3 is 2. The van der Waals surface area contributed by atoms with Crippen LogP contribution in [0.1, 0.15) is 17.5 Å². The molecule has 18 heavy (non-hydrogen) atoms. The molecule has 3 rings (SSSR count). The fourth-order valence-corrected chi connectivity index (χ4v) is 2.71. The van der Waals surface area contributed by atoms with Gasteiger partial charge in [-0.2, -0.15) is 0 Å².